The average molecular weight is 1090 g/mol. The van der Waals surface area contributed by atoms with Crippen LogP contribution in [0.25, 0.3) is 0 Å². The molecule has 1 aliphatic carbocycles. The van der Waals surface area contributed by atoms with E-state index in [0.29, 0.717) is 25.4 Å². The number of nitrogens with one attached hydrogen (secondary N) is 5. The molecule has 1 unspecified atom stereocenters. The van der Waals surface area contributed by atoms with Crippen LogP contribution in [0.2, 0.25) is 0 Å². The molecule has 2 saturated heterocycles. The van der Waals surface area contributed by atoms with Crippen molar-refractivity contribution in [3.8, 4) is 0 Å². The third-order valence-corrected chi connectivity index (χ3v) is 12.1. The maximum Gasteiger partial charge on any atom is 0.410 e. The molecule has 0 radical (unpaired) electrons. The van der Waals surface area contributed by atoms with Crippen LogP contribution in [0.5, 0.6) is 0 Å². The third-order valence-electron chi connectivity index (χ3n) is 12.1. The molecule has 25 nitrogen and oxygen atoms in total. The zero-order chi connectivity index (χ0) is 57.7. The van der Waals surface area contributed by atoms with Gasteiger partial charge in [0.05, 0.1) is 43.9 Å². The van der Waals surface area contributed by atoms with Crippen molar-refractivity contribution in [2.75, 3.05) is 46.4 Å². The molecule has 4 aliphatic rings. The maximum atomic E-state index is 13.9. The van der Waals surface area contributed by atoms with E-state index >= 15 is 0 Å². The lowest BCUT2D eigenvalue weighted by molar-refractivity contribution is -0.305. The second-order valence-electron chi connectivity index (χ2n) is 25.4. The van der Waals surface area contributed by atoms with Crippen molar-refractivity contribution < 1.29 is 87.1 Å². The standard InChI is InChI=1S/C51H89N7O18/c1-46(2,3)72-41(63)53-23-32(59)39(62)54-31-20-30(56-43(65)74-48(7,8)9)33(34(60)37(31)71-40-35(61)38(51(16,68)26-69-40)57(17)44(66)75-49(10,11)12)36-29(55-42(64)73-47(4,5)6)19-18-28(70-36)22-52-21-27-24-58(25-27)45(67)76-50(13,14)15/h18,27,29-38,40,52,59-61,68H,19-26H2,1-17H3,(H,53,63)(H,54,62)(H,55,64)(H,56,65)/t29-,30+,31-,32+,33-,34+,35-,36?,37+,38-,40-,51+/m1/s1. The van der Waals surface area contributed by atoms with E-state index in [2.05, 4.69) is 26.6 Å². The number of ether oxygens (including phenoxy) is 8. The largest absolute Gasteiger partial charge is 0.491 e. The summed E-state index contributed by atoms with van der Waals surface area (Å²) in [6, 6.07) is -4.95. The van der Waals surface area contributed by atoms with Crippen LogP contribution in [0.15, 0.2) is 11.8 Å². The summed E-state index contributed by atoms with van der Waals surface area (Å²) in [5.41, 5.74) is -6.33. The topological polar surface area (TPSA) is 324 Å². The molecule has 0 aromatic rings. The van der Waals surface area contributed by atoms with Gasteiger partial charge in [-0.25, -0.2) is 24.0 Å². The van der Waals surface area contributed by atoms with Crippen molar-refractivity contribution in [3.63, 3.8) is 0 Å². The average Bonchev–Trinajstić information content (AvgIpc) is 3.20. The molecule has 76 heavy (non-hydrogen) atoms. The summed E-state index contributed by atoms with van der Waals surface area (Å²) in [7, 11) is 1.32. The summed E-state index contributed by atoms with van der Waals surface area (Å²) in [4.78, 5) is 82.4. The molecule has 4 rings (SSSR count). The number of carbonyl (C=O) groups is 6. The van der Waals surface area contributed by atoms with Crippen molar-refractivity contribution in [2.45, 2.75) is 218 Å². The molecule has 436 valence electrons. The van der Waals surface area contributed by atoms with E-state index in [1.165, 1.54) is 14.0 Å². The van der Waals surface area contributed by atoms with Crippen molar-refractivity contribution in [2.24, 2.45) is 11.8 Å². The molecule has 3 heterocycles. The highest BCUT2D eigenvalue weighted by atomic mass is 16.7. The number of alkyl carbamates (subject to hydrolysis) is 3. The van der Waals surface area contributed by atoms with Gasteiger partial charge in [0.2, 0.25) is 0 Å². The Morgan fingerprint density at radius 1 is 0.750 bits per heavy atom. The molecule has 6 amide bonds. The van der Waals surface area contributed by atoms with E-state index in [4.69, 9.17) is 37.9 Å². The van der Waals surface area contributed by atoms with Gasteiger partial charge in [0.15, 0.2) is 6.29 Å². The highest BCUT2D eigenvalue weighted by Crippen LogP contribution is 2.39. The van der Waals surface area contributed by atoms with E-state index < -0.39 is 150 Å². The van der Waals surface area contributed by atoms with Crippen molar-refractivity contribution in [3.05, 3.63) is 11.8 Å². The van der Waals surface area contributed by atoms with Gasteiger partial charge in [0, 0.05) is 44.6 Å². The first-order valence-electron chi connectivity index (χ1n) is 25.9. The minimum absolute atomic E-state index is 0.0953. The van der Waals surface area contributed by atoms with Gasteiger partial charge >= 0.3 is 30.5 Å². The minimum Gasteiger partial charge on any atom is -0.491 e. The molecular formula is C51H89N7O18. The van der Waals surface area contributed by atoms with Crippen molar-refractivity contribution in [1.82, 2.24) is 36.4 Å². The molecular weight excluding hydrogens is 999 g/mol. The lowest BCUT2D eigenvalue weighted by Crippen LogP contribution is -2.71. The zero-order valence-electron chi connectivity index (χ0n) is 47.6. The first-order chi connectivity index (χ1) is 34.6. The fourth-order valence-electron chi connectivity index (χ4n) is 9.13. The predicted molar refractivity (Wildman–Crippen MR) is 273 cm³/mol. The maximum absolute atomic E-state index is 13.9. The molecule has 0 spiro atoms. The van der Waals surface area contributed by atoms with E-state index in [9.17, 15) is 49.2 Å². The summed E-state index contributed by atoms with van der Waals surface area (Å²) < 4.78 is 46.8. The smallest absolute Gasteiger partial charge is 0.410 e. The van der Waals surface area contributed by atoms with Crippen molar-refractivity contribution in [1.29, 1.82) is 0 Å². The Labute approximate surface area is 447 Å². The van der Waals surface area contributed by atoms with Crippen LogP contribution in [0, 0.1) is 11.8 Å². The van der Waals surface area contributed by atoms with Crippen LogP contribution < -0.4 is 26.6 Å². The molecule has 0 aromatic heterocycles. The number of carbonyl (C=O) groups excluding carboxylic acids is 6. The molecule has 3 aliphatic heterocycles. The SMILES string of the molecule is CN(C(=O)OC(C)(C)C)[C@@H]1[C@@H](O)[C@@H](O[C@@H]2[C@@H](O)[C@H](C3OC(CNCC4CN(C(=O)OC(C)(C)C)C4)=CC[C@H]3NC(=O)OC(C)(C)C)[C@@H](NC(=O)OC(C)(C)C)C[C@H]2NC(=O)[C@@H](O)CNC(=O)OC(C)(C)C)OC[C@]1(C)O. The fourth-order valence-corrected chi connectivity index (χ4v) is 9.13. The number of amides is 6. The molecule has 3 fully saturated rings. The number of aliphatic hydroxyl groups is 4. The first-order valence-corrected chi connectivity index (χ1v) is 25.9. The van der Waals surface area contributed by atoms with Gasteiger partial charge in [-0.2, -0.15) is 0 Å². The molecule has 1 saturated carbocycles. The summed E-state index contributed by atoms with van der Waals surface area (Å²) in [6.45, 7) is 27.0. The van der Waals surface area contributed by atoms with E-state index in [1.807, 2.05) is 0 Å². The first kappa shape index (κ1) is 63.6. The van der Waals surface area contributed by atoms with Gasteiger partial charge in [-0.05, 0) is 130 Å². The van der Waals surface area contributed by atoms with Gasteiger partial charge in [-0.1, -0.05) is 0 Å². The highest BCUT2D eigenvalue weighted by molar-refractivity contribution is 5.82. The quantitative estimate of drug-likeness (QED) is 0.113. The molecule has 0 bridgehead atoms. The highest BCUT2D eigenvalue weighted by Gasteiger charge is 2.57. The Balaban J connectivity index is 1.76. The number of hydrogen-bond donors (Lipinski definition) is 9. The van der Waals surface area contributed by atoms with E-state index in [0.717, 1.165) is 4.90 Å². The normalized spacial score (nSPS) is 29.0. The molecule has 25 heteroatoms. The van der Waals surface area contributed by atoms with Crippen LogP contribution in [0.1, 0.15) is 124 Å². The number of rotatable bonds is 14. The van der Waals surface area contributed by atoms with Crippen LogP contribution in [-0.4, -0.2) is 208 Å². The Morgan fingerprint density at radius 3 is 1.82 bits per heavy atom. The second kappa shape index (κ2) is 24.8. The Hall–Kier alpha value is -4.92. The van der Waals surface area contributed by atoms with Gasteiger partial charge in [-0.3, -0.25) is 4.79 Å². The molecule has 0 aromatic carbocycles. The lowest BCUT2D eigenvalue weighted by atomic mass is 9.72. The second-order valence-corrected chi connectivity index (χ2v) is 25.4. The van der Waals surface area contributed by atoms with Gasteiger partial charge in [0.25, 0.3) is 5.91 Å². The number of likely N-dealkylation sites (N-methyl/N-ethyl adjacent to an activating group) is 1. The summed E-state index contributed by atoms with van der Waals surface area (Å²) in [5, 5.41) is 61.8. The van der Waals surface area contributed by atoms with E-state index in [1.54, 1.807) is 115 Å². The number of aliphatic hydroxyl groups excluding tert-OH is 3. The molecule has 12 atom stereocenters. The van der Waals surface area contributed by atoms with Crippen LogP contribution in [0.4, 0.5) is 24.0 Å². The minimum atomic E-state index is -1.90. The number of hydrogen-bond acceptors (Lipinski definition) is 19. The molecule has 9 N–H and O–H groups in total. The number of nitrogens with zero attached hydrogens (tertiary/aromatic N) is 2. The zero-order valence-corrected chi connectivity index (χ0v) is 47.6. The van der Waals surface area contributed by atoms with E-state index in [-0.39, 0.29) is 25.3 Å². The monoisotopic (exact) mass is 1090 g/mol. The van der Waals surface area contributed by atoms with Gasteiger partial charge in [0.1, 0.15) is 63.8 Å². The Morgan fingerprint density at radius 2 is 1.28 bits per heavy atom. The third kappa shape index (κ3) is 19.5. The van der Waals surface area contributed by atoms with Crippen LogP contribution in [-0.2, 0) is 42.7 Å². The van der Waals surface area contributed by atoms with Crippen LogP contribution >= 0.6 is 0 Å². The summed E-state index contributed by atoms with van der Waals surface area (Å²) in [5.74, 6) is -1.83. The van der Waals surface area contributed by atoms with Crippen molar-refractivity contribution >= 4 is 36.4 Å². The van der Waals surface area contributed by atoms with Crippen LogP contribution in [0.3, 0.4) is 0 Å². The predicted octanol–water partition coefficient (Wildman–Crippen LogP) is 2.74. The summed E-state index contributed by atoms with van der Waals surface area (Å²) >= 11 is 0. The van der Waals surface area contributed by atoms with Gasteiger partial charge in [-0.15, -0.1) is 0 Å². The van der Waals surface area contributed by atoms with Gasteiger partial charge < -0.3 is 94.7 Å². The Bertz CT molecular complexity index is 2050. The fraction of sp³-hybridized carbons (Fsp3) is 0.843. The summed E-state index contributed by atoms with van der Waals surface area (Å²) in [6.07, 6.45) is -12.5. The lowest BCUT2D eigenvalue weighted by Gasteiger charge is -2.52. The Kier molecular flexibility index (Phi) is 20.8. The number of likely N-dealkylation sites (tertiary alicyclic amines) is 1.